The number of nitrogens with zero attached hydrogens (tertiary/aromatic N) is 3. The van der Waals surface area contributed by atoms with E-state index in [1.165, 1.54) is 19.3 Å². The lowest BCUT2D eigenvalue weighted by Crippen LogP contribution is -2.36. The second kappa shape index (κ2) is 2.95. The number of nitrogens with two attached hydrogens (primary N) is 1. The smallest absolute Gasteiger partial charge is 0.312 e. The quantitative estimate of drug-likeness (QED) is 0.751. The average molecular weight is 208 g/mol. The van der Waals surface area contributed by atoms with Gasteiger partial charge < -0.3 is 10.2 Å². The SMILES string of the molecule is CC12CCCN(CC1)C2c1nnc(N)o1. The number of anilines is 1. The molecule has 2 bridgehead atoms. The van der Waals surface area contributed by atoms with Crippen LogP contribution >= 0.6 is 0 Å². The highest BCUT2D eigenvalue weighted by molar-refractivity contribution is 5.12. The molecule has 3 atom stereocenters. The molecule has 2 N–H and O–H groups in total. The molecule has 5 nitrogen and oxygen atoms in total. The van der Waals surface area contributed by atoms with Gasteiger partial charge in [0.25, 0.3) is 0 Å². The molecule has 1 aromatic rings. The van der Waals surface area contributed by atoms with Gasteiger partial charge in [0.05, 0.1) is 6.04 Å². The first-order valence-electron chi connectivity index (χ1n) is 5.52. The van der Waals surface area contributed by atoms with Crippen molar-refractivity contribution < 1.29 is 4.42 Å². The number of aromatic nitrogens is 2. The minimum atomic E-state index is 0.180. The first kappa shape index (κ1) is 9.15. The molecule has 3 heterocycles. The van der Waals surface area contributed by atoms with Gasteiger partial charge in [-0.3, -0.25) is 4.90 Å². The summed E-state index contributed by atoms with van der Waals surface area (Å²) in [5.41, 5.74) is 5.78. The summed E-state index contributed by atoms with van der Waals surface area (Å²) in [4.78, 5) is 2.44. The molecular formula is C10H16N4O. The molecule has 0 amide bonds. The van der Waals surface area contributed by atoms with Crippen molar-refractivity contribution in [1.82, 2.24) is 15.1 Å². The van der Waals surface area contributed by atoms with E-state index >= 15 is 0 Å². The van der Waals surface area contributed by atoms with Crippen molar-refractivity contribution in [3.8, 4) is 0 Å². The van der Waals surface area contributed by atoms with Crippen LogP contribution in [0.3, 0.4) is 0 Å². The van der Waals surface area contributed by atoms with E-state index in [0.717, 1.165) is 13.1 Å². The number of piperidine rings is 1. The van der Waals surface area contributed by atoms with Gasteiger partial charge in [-0.25, -0.2) is 0 Å². The maximum absolute atomic E-state index is 5.48. The predicted octanol–water partition coefficient (Wildman–Crippen LogP) is 1.20. The molecule has 2 aliphatic heterocycles. The van der Waals surface area contributed by atoms with Crippen molar-refractivity contribution in [3.63, 3.8) is 0 Å². The molecule has 5 heteroatoms. The second-order valence-corrected chi connectivity index (χ2v) is 4.92. The Bertz CT molecular complexity index is 373. The minimum absolute atomic E-state index is 0.180. The number of fused-ring (bicyclic) bond motifs is 2. The first-order chi connectivity index (χ1) is 7.19. The Morgan fingerprint density at radius 3 is 2.93 bits per heavy atom. The average Bonchev–Trinajstić information content (AvgIpc) is 2.67. The third-order valence-corrected chi connectivity index (χ3v) is 3.88. The number of rotatable bonds is 1. The zero-order chi connectivity index (χ0) is 10.5. The van der Waals surface area contributed by atoms with Crippen molar-refractivity contribution >= 4 is 6.01 Å². The topological polar surface area (TPSA) is 68.2 Å². The third kappa shape index (κ3) is 1.26. The van der Waals surface area contributed by atoms with Gasteiger partial charge in [0.15, 0.2) is 0 Å². The van der Waals surface area contributed by atoms with Gasteiger partial charge in [-0.1, -0.05) is 12.0 Å². The van der Waals surface area contributed by atoms with Gasteiger partial charge in [-0.2, -0.15) is 0 Å². The predicted molar refractivity (Wildman–Crippen MR) is 55.0 cm³/mol. The van der Waals surface area contributed by atoms with Crippen molar-refractivity contribution in [3.05, 3.63) is 5.89 Å². The summed E-state index contributed by atoms with van der Waals surface area (Å²) < 4.78 is 5.38. The van der Waals surface area contributed by atoms with Gasteiger partial charge in [0, 0.05) is 0 Å². The second-order valence-electron chi connectivity index (χ2n) is 4.92. The molecule has 3 rings (SSSR count). The molecule has 0 radical (unpaired) electrons. The number of hydrogen-bond donors (Lipinski definition) is 1. The third-order valence-electron chi connectivity index (χ3n) is 3.88. The highest BCUT2D eigenvalue weighted by atomic mass is 16.4. The fourth-order valence-electron chi connectivity index (χ4n) is 3.11. The Morgan fingerprint density at radius 1 is 1.40 bits per heavy atom. The van der Waals surface area contributed by atoms with Gasteiger partial charge in [0.2, 0.25) is 5.89 Å². The van der Waals surface area contributed by atoms with Crippen LogP contribution in [0, 0.1) is 5.41 Å². The molecule has 0 spiro atoms. The summed E-state index contributed by atoms with van der Waals surface area (Å²) in [5, 5.41) is 7.80. The Labute approximate surface area is 88.6 Å². The van der Waals surface area contributed by atoms with Crippen LogP contribution in [0.25, 0.3) is 0 Å². The fraction of sp³-hybridized carbons (Fsp3) is 0.800. The Kier molecular flexibility index (Phi) is 1.80. The molecule has 1 aromatic heterocycles. The van der Waals surface area contributed by atoms with Gasteiger partial charge in [-0.15, -0.1) is 5.10 Å². The zero-order valence-electron chi connectivity index (χ0n) is 8.94. The van der Waals surface area contributed by atoms with Gasteiger partial charge >= 0.3 is 6.01 Å². The van der Waals surface area contributed by atoms with E-state index in [1.807, 2.05) is 0 Å². The summed E-state index contributed by atoms with van der Waals surface area (Å²) in [5.74, 6) is 0.701. The van der Waals surface area contributed by atoms with Crippen LogP contribution in [0.15, 0.2) is 4.42 Å². The van der Waals surface area contributed by atoms with Crippen molar-refractivity contribution in [2.45, 2.75) is 32.2 Å². The largest absolute Gasteiger partial charge is 0.407 e. The lowest BCUT2D eigenvalue weighted by atomic mass is 9.76. The van der Waals surface area contributed by atoms with Crippen LogP contribution < -0.4 is 5.73 Å². The van der Waals surface area contributed by atoms with E-state index in [9.17, 15) is 0 Å². The van der Waals surface area contributed by atoms with E-state index in [4.69, 9.17) is 10.2 Å². The maximum Gasteiger partial charge on any atom is 0.312 e. The monoisotopic (exact) mass is 208 g/mol. The fourth-order valence-corrected chi connectivity index (χ4v) is 3.11. The van der Waals surface area contributed by atoms with Crippen LogP contribution in [0.1, 0.15) is 38.1 Å². The van der Waals surface area contributed by atoms with Crippen molar-refractivity contribution in [2.24, 2.45) is 5.41 Å². The molecule has 15 heavy (non-hydrogen) atoms. The standard InChI is InChI=1S/C10H16N4O/c1-10-3-2-5-14(6-4-10)7(10)8-12-13-9(11)15-8/h7H,2-6H2,1H3,(H2,11,13). The molecule has 0 saturated carbocycles. The summed E-state index contributed by atoms with van der Waals surface area (Å²) in [6.07, 6.45) is 3.74. The Balaban J connectivity index is 1.98. The van der Waals surface area contributed by atoms with Gasteiger partial charge in [0.1, 0.15) is 0 Å². The van der Waals surface area contributed by atoms with Crippen LogP contribution in [-0.2, 0) is 0 Å². The lowest BCUT2D eigenvalue weighted by molar-refractivity contribution is 0.0875. The Hall–Kier alpha value is -1.10. The zero-order valence-corrected chi connectivity index (χ0v) is 8.94. The van der Waals surface area contributed by atoms with E-state index < -0.39 is 0 Å². The number of nitrogen functional groups attached to an aromatic ring is 1. The normalized spacial score (nSPS) is 39.5. The van der Waals surface area contributed by atoms with Crippen LogP contribution in [0.5, 0.6) is 0 Å². The van der Waals surface area contributed by atoms with Crippen molar-refractivity contribution in [2.75, 3.05) is 18.8 Å². The summed E-state index contributed by atoms with van der Waals surface area (Å²) in [6.45, 7) is 4.60. The van der Waals surface area contributed by atoms with E-state index in [0.29, 0.717) is 11.3 Å². The molecule has 2 saturated heterocycles. The van der Waals surface area contributed by atoms with E-state index in [1.54, 1.807) is 0 Å². The Morgan fingerprint density at radius 2 is 2.27 bits per heavy atom. The van der Waals surface area contributed by atoms with E-state index in [-0.39, 0.29) is 12.1 Å². The van der Waals surface area contributed by atoms with Crippen molar-refractivity contribution in [1.29, 1.82) is 0 Å². The first-order valence-corrected chi connectivity index (χ1v) is 5.52. The van der Waals surface area contributed by atoms with Crippen LogP contribution in [-0.4, -0.2) is 28.2 Å². The molecule has 3 unspecified atom stereocenters. The number of hydrogen-bond acceptors (Lipinski definition) is 5. The summed E-state index contributed by atoms with van der Waals surface area (Å²) in [6, 6.07) is 0.468. The van der Waals surface area contributed by atoms with Crippen LogP contribution in [0.4, 0.5) is 6.01 Å². The highest BCUT2D eigenvalue weighted by Crippen LogP contribution is 2.52. The lowest BCUT2D eigenvalue weighted by Gasteiger charge is -2.37. The van der Waals surface area contributed by atoms with Crippen LogP contribution in [0.2, 0.25) is 0 Å². The molecule has 0 aromatic carbocycles. The molecular weight excluding hydrogens is 192 g/mol. The molecule has 2 fully saturated rings. The highest BCUT2D eigenvalue weighted by Gasteiger charge is 2.49. The molecule has 82 valence electrons. The molecule has 2 aliphatic rings. The van der Waals surface area contributed by atoms with Gasteiger partial charge in [-0.05, 0) is 37.8 Å². The summed E-state index contributed by atoms with van der Waals surface area (Å²) >= 11 is 0. The maximum atomic E-state index is 5.48. The minimum Gasteiger partial charge on any atom is -0.407 e. The van der Waals surface area contributed by atoms with E-state index in [2.05, 4.69) is 22.0 Å². The summed E-state index contributed by atoms with van der Waals surface area (Å²) in [7, 11) is 0. The molecule has 0 aliphatic carbocycles.